The fourth-order valence-electron chi connectivity index (χ4n) is 1.47. The van der Waals surface area contributed by atoms with Crippen LogP contribution in [0.15, 0.2) is 12.1 Å². The minimum atomic E-state index is -0.701. The molecule has 8 nitrogen and oxygen atoms in total. The second-order valence-electron chi connectivity index (χ2n) is 4.18. The molecule has 8 heteroatoms. The fraction of sp³-hybridized carbons (Fsp3) is 0.417. The summed E-state index contributed by atoms with van der Waals surface area (Å²) < 4.78 is 0. The van der Waals surface area contributed by atoms with E-state index in [1.165, 1.54) is 13.0 Å². The van der Waals surface area contributed by atoms with Gasteiger partial charge >= 0.3 is 11.8 Å². The van der Waals surface area contributed by atoms with Crippen molar-refractivity contribution in [2.45, 2.75) is 26.7 Å². The van der Waals surface area contributed by atoms with Crippen LogP contribution in [0.1, 0.15) is 35.8 Å². The lowest BCUT2D eigenvalue weighted by atomic mass is 10.2. The van der Waals surface area contributed by atoms with Crippen LogP contribution in [0, 0.1) is 17.0 Å². The van der Waals surface area contributed by atoms with Crippen LogP contribution >= 0.6 is 0 Å². The number of aryl methyl sites for hydroxylation is 1. The summed E-state index contributed by atoms with van der Waals surface area (Å²) >= 11 is 0. The molecule has 108 valence electrons. The van der Waals surface area contributed by atoms with Crippen LogP contribution in [0.3, 0.4) is 0 Å². The van der Waals surface area contributed by atoms with Crippen molar-refractivity contribution in [1.82, 2.24) is 15.6 Å². The molecular formula is C12H16N4O4. The molecule has 0 saturated carbocycles. The Hall–Kier alpha value is -2.51. The number of urea groups is 1. The highest BCUT2D eigenvalue weighted by Gasteiger charge is 2.17. The first-order valence-electron chi connectivity index (χ1n) is 6.16. The van der Waals surface area contributed by atoms with E-state index in [1.807, 2.05) is 6.92 Å². The minimum Gasteiger partial charge on any atom is -0.358 e. The van der Waals surface area contributed by atoms with E-state index in [2.05, 4.69) is 15.6 Å². The zero-order valence-electron chi connectivity index (χ0n) is 11.3. The number of unbranched alkanes of at least 4 members (excludes halogenated alkanes) is 1. The minimum absolute atomic E-state index is 0.0230. The number of rotatable bonds is 5. The van der Waals surface area contributed by atoms with Crippen molar-refractivity contribution in [3.05, 3.63) is 33.5 Å². The molecule has 2 N–H and O–H groups in total. The Labute approximate surface area is 115 Å². The van der Waals surface area contributed by atoms with Crippen molar-refractivity contribution < 1.29 is 14.5 Å². The van der Waals surface area contributed by atoms with E-state index < -0.39 is 22.7 Å². The van der Waals surface area contributed by atoms with Gasteiger partial charge in [0.2, 0.25) is 0 Å². The first-order chi connectivity index (χ1) is 9.43. The van der Waals surface area contributed by atoms with Crippen molar-refractivity contribution in [1.29, 1.82) is 0 Å². The number of hydrogen-bond acceptors (Lipinski definition) is 5. The van der Waals surface area contributed by atoms with Crippen molar-refractivity contribution in [2.24, 2.45) is 0 Å². The van der Waals surface area contributed by atoms with Gasteiger partial charge in [0.25, 0.3) is 5.91 Å². The number of nitrogens with one attached hydrogen (secondary N) is 2. The van der Waals surface area contributed by atoms with Crippen molar-refractivity contribution in [3.63, 3.8) is 0 Å². The maximum atomic E-state index is 11.8. The van der Waals surface area contributed by atoms with Gasteiger partial charge in [-0.25, -0.2) is 4.79 Å². The van der Waals surface area contributed by atoms with E-state index in [4.69, 9.17) is 0 Å². The molecule has 1 aromatic heterocycles. The molecule has 3 amide bonds. The summed E-state index contributed by atoms with van der Waals surface area (Å²) in [7, 11) is 0. The number of amides is 3. The largest absolute Gasteiger partial charge is 0.364 e. The predicted molar refractivity (Wildman–Crippen MR) is 71.4 cm³/mol. The Morgan fingerprint density at radius 1 is 1.40 bits per heavy atom. The third kappa shape index (κ3) is 4.63. The molecule has 0 radical (unpaired) electrons. The molecule has 0 aliphatic carbocycles. The second-order valence-corrected chi connectivity index (χ2v) is 4.18. The summed E-state index contributed by atoms with van der Waals surface area (Å²) in [5.74, 6) is -1.13. The molecule has 0 fully saturated rings. The molecule has 0 unspecified atom stereocenters. The summed E-state index contributed by atoms with van der Waals surface area (Å²) in [5, 5.41) is 15.3. The van der Waals surface area contributed by atoms with E-state index in [1.54, 1.807) is 0 Å². The first kappa shape index (κ1) is 15.5. The average Bonchev–Trinajstić information content (AvgIpc) is 2.38. The number of carbonyl (C=O) groups is 2. The van der Waals surface area contributed by atoms with Gasteiger partial charge in [-0.05, 0) is 22.4 Å². The van der Waals surface area contributed by atoms with Crippen LogP contribution in [-0.4, -0.2) is 28.4 Å². The summed E-state index contributed by atoms with van der Waals surface area (Å²) in [4.78, 5) is 36.8. The molecule has 0 aliphatic rings. The smallest absolute Gasteiger partial charge is 0.358 e. The summed E-state index contributed by atoms with van der Waals surface area (Å²) in [6.45, 7) is 3.97. The normalized spacial score (nSPS) is 9.90. The lowest BCUT2D eigenvalue weighted by Gasteiger charge is -2.06. The van der Waals surface area contributed by atoms with Gasteiger partial charge in [0.05, 0.1) is 5.56 Å². The molecule has 20 heavy (non-hydrogen) atoms. The SMILES string of the molecule is CCCCNC(=O)NC(=O)c1cc(C)nc([N+](=O)[O-])c1. The van der Waals surface area contributed by atoms with E-state index >= 15 is 0 Å². The lowest BCUT2D eigenvalue weighted by molar-refractivity contribution is -0.389. The molecule has 0 aromatic carbocycles. The van der Waals surface area contributed by atoms with Crippen LogP contribution in [0.4, 0.5) is 10.6 Å². The van der Waals surface area contributed by atoms with Crippen LogP contribution in [-0.2, 0) is 0 Å². The van der Waals surface area contributed by atoms with E-state index in [-0.39, 0.29) is 5.56 Å². The van der Waals surface area contributed by atoms with E-state index in [0.717, 1.165) is 18.9 Å². The van der Waals surface area contributed by atoms with Crippen molar-refractivity contribution >= 4 is 17.8 Å². The van der Waals surface area contributed by atoms with Gasteiger partial charge in [0.15, 0.2) is 5.69 Å². The Balaban J connectivity index is 2.72. The number of pyridine rings is 1. The zero-order valence-corrected chi connectivity index (χ0v) is 11.3. The van der Waals surface area contributed by atoms with Crippen LogP contribution in [0.2, 0.25) is 0 Å². The fourth-order valence-corrected chi connectivity index (χ4v) is 1.47. The molecule has 0 aliphatic heterocycles. The second kappa shape index (κ2) is 7.17. The molecule has 0 atom stereocenters. The maximum Gasteiger partial charge on any atom is 0.364 e. The highest BCUT2D eigenvalue weighted by Crippen LogP contribution is 2.12. The van der Waals surface area contributed by atoms with Gasteiger partial charge in [0.1, 0.15) is 0 Å². The molecular weight excluding hydrogens is 264 g/mol. The third-order valence-corrected chi connectivity index (χ3v) is 2.43. The van der Waals surface area contributed by atoms with E-state index in [0.29, 0.717) is 12.2 Å². The van der Waals surface area contributed by atoms with Gasteiger partial charge in [-0.3, -0.25) is 10.1 Å². The number of nitro groups is 1. The van der Waals surface area contributed by atoms with Gasteiger partial charge < -0.3 is 15.4 Å². The Morgan fingerprint density at radius 3 is 2.70 bits per heavy atom. The Kier molecular flexibility index (Phi) is 5.57. The molecule has 1 aromatic rings. The van der Waals surface area contributed by atoms with Crippen LogP contribution in [0.25, 0.3) is 0 Å². The molecule has 0 spiro atoms. The van der Waals surface area contributed by atoms with Crippen LogP contribution in [0.5, 0.6) is 0 Å². The molecule has 1 heterocycles. The maximum absolute atomic E-state index is 11.8. The van der Waals surface area contributed by atoms with Gasteiger partial charge in [-0.15, -0.1) is 0 Å². The highest BCUT2D eigenvalue weighted by atomic mass is 16.6. The third-order valence-electron chi connectivity index (χ3n) is 2.43. The zero-order chi connectivity index (χ0) is 15.1. The van der Waals surface area contributed by atoms with Gasteiger partial charge in [0, 0.05) is 19.5 Å². The topological polar surface area (TPSA) is 114 Å². The molecule has 0 bridgehead atoms. The summed E-state index contributed by atoms with van der Waals surface area (Å²) in [6, 6.07) is 1.78. The quantitative estimate of drug-likeness (QED) is 0.482. The Morgan fingerprint density at radius 2 is 2.10 bits per heavy atom. The number of nitrogens with zero attached hydrogens (tertiary/aromatic N) is 2. The molecule has 1 rings (SSSR count). The van der Waals surface area contributed by atoms with E-state index in [9.17, 15) is 19.7 Å². The lowest BCUT2D eigenvalue weighted by Crippen LogP contribution is -2.39. The van der Waals surface area contributed by atoms with Crippen LogP contribution < -0.4 is 10.6 Å². The van der Waals surface area contributed by atoms with Gasteiger partial charge in [-0.1, -0.05) is 13.3 Å². The monoisotopic (exact) mass is 280 g/mol. The predicted octanol–water partition coefficient (Wildman–Crippen LogP) is 1.54. The highest BCUT2D eigenvalue weighted by molar-refractivity contribution is 6.04. The van der Waals surface area contributed by atoms with Crippen molar-refractivity contribution in [3.8, 4) is 0 Å². The standard InChI is InChI=1S/C12H16N4O4/c1-3-4-5-13-12(18)15-11(17)9-6-8(2)14-10(7-9)16(19)20/h6-7H,3-5H2,1-2H3,(H2,13,15,17,18). The summed E-state index contributed by atoms with van der Waals surface area (Å²) in [6.07, 6.45) is 1.73. The molecule has 0 saturated heterocycles. The number of aromatic nitrogens is 1. The number of carbonyl (C=O) groups excluding carboxylic acids is 2. The summed E-state index contributed by atoms with van der Waals surface area (Å²) in [5.41, 5.74) is 0.352. The van der Waals surface area contributed by atoms with Gasteiger partial charge in [-0.2, -0.15) is 0 Å². The number of hydrogen-bond donors (Lipinski definition) is 2. The first-order valence-corrected chi connectivity index (χ1v) is 6.16. The van der Waals surface area contributed by atoms with Crippen molar-refractivity contribution in [2.75, 3.05) is 6.54 Å². The average molecular weight is 280 g/mol. The Bertz CT molecular complexity index is 530. The number of imide groups is 1.